The molecular weight excluding hydrogens is 491 g/mol. The fraction of sp³-hybridized carbons (Fsp3) is 0.207. The van der Waals surface area contributed by atoms with Crippen LogP contribution in [0.4, 0.5) is 30.2 Å². The van der Waals surface area contributed by atoms with Gasteiger partial charge >= 0.3 is 6.18 Å². The molecule has 1 N–H and O–H groups in total. The summed E-state index contributed by atoms with van der Waals surface area (Å²) in [6.45, 7) is 0.809. The Kier molecular flexibility index (Phi) is 6.88. The molecule has 0 spiro atoms. The van der Waals surface area contributed by atoms with Gasteiger partial charge in [-0.05, 0) is 60.9 Å². The highest BCUT2D eigenvalue weighted by atomic mass is 19.4. The topological polar surface area (TPSA) is 73.9 Å². The van der Waals surface area contributed by atoms with Gasteiger partial charge in [0, 0.05) is 29.7 Å². The number of halogens is 3. The van der Waals surface area contributed by atoms with Crippen LogP contribution in [0.2, 0.25) is 0 Å². The molecule has 0 aliphatic heterocycles. The summed E-state index contributed by atoms with van der Waals surface area (Å²) in [5, 5.41) is 15.6. The Hall–Kier alpha value is -4.58. The van der Waals surface area contributed by atoms with Crippen molar-refractivity contribution in [1.82, 2.24) is 9.78 Å². The number of nitriles is 1. The number of amides is 1. The number of benzene rings is 3. The number of aromatic nitrogens is 2. The Morgan fingerprint density at radius 2 is 1.74 bits per heavy atom. The summed E-state index contributed by atoms with van der Waals surface area (Å²) in [5.74, 6) is -0.0245. The fourth-order valence-corrected chi connectivity index (χ4v) is 4.27. The molecule has 5 rings (SSSR count). The van der Waals surface area contributed by atoms with Crippen LogP contribution in [-0.2, 0) is 6.18 Å². The predicted octanol–water partition coefficient (Wildman–Crippen LogP) is 6.95. The van der Waals surface area contributed by atoms with Gasteiger partial charge in [-0.2, -0.15) is 23.5 Å². The quantitative estimate of drug-likeness (QED) is 0.276. The number of alkyl halides is 3. The van der Waals surface area contributed by atoms with Crippen molar-refractivity contribution in [2.45, 2.75) is 25.4 Å². The zero-order valence-electron chi connectivity index (χ0n) is 20.3. The molecule has 9 heteroatoms. The molecule has 0 unspecified atom stereocenters. The lowest BCUT2D eigenvalue weighted by Crippen LogP contribution is -2.20. The predicted molar refractivity (Wildman–Crippen MR) is 138 cm³/mol. The zero-order chi connectivity index (χ0) is 26.7. The Bertz CT molecular complexity index is 1490. The number of hydrogen-bond donors (Lipinski definition) is 1. The molecule has 1 saturated carbocycles. The molecule has 1 fully saturated rings. The number of carbonyl (C=O) groups excluding carboxylic acids is 1. The largest absolute Gasteiger partial charge is 0.435 e. The van der Waals surface area contributed by atoms with E-state index in [1.54, 1.807) is 18.2 Å². The van der Waals surface area contributed by atoms with E-state index in [1.807, 2.05) is 42.5 Å². The van der Waals surface area contributed by atoms with Crippen LogP contribution < -0.4 is 10.2 Å². The number of anilines is 3. The molecule has 1 aliphatic carbocycles. The number of nitrogens with one attached hydrogen (secondary N) is 1. The molecule has 0 bridgehead atoms. The molecule has 192 valence electrons. The van der Waals surface area contributed by atoms with E-state index >= 15 is 0 Å². The molecule has 6 nitrogen and oxygen atoms in total. The Morgan fingerprint density at radius 3 is 2.45 bits per heavy atom. The van der Waals surface area contributed by atoms with Crippen LogP contribution in [0.1, 0.15) is 41.0 Å². The minimum absolute atomic E-state index is 0.175. The first-order valence-electron chi connectivity index (χ1n) is 12.2. The second kappa shape index (κ2) is 10.4. The highest BCUT2D eigenvalue weighted by Crippen LogP contribution is 2.35. The minimum atomic E-state index is -4.75. The van der Waals surface area contributed by atoms with Gasteiger partial charge in [-0.15, -0.1) is 0 Å². The standard InChI is InChI=1S/C29H24F3N5O/c30-29(31,32)27-18-26(37(35-27)25-11-4-6-21(16-25)19-33)28(38)34-22-7-5-10-24(17-22)36(15-14-20-12-13-20)23-8-2-1-3-9-23/h1-11,16-18,20H,12-15H2,(H,34,38). The Balaban J connectivity index is 1.45. The lowest BCUT2D eigenvalue weighted by molar-refractivity contribution is -0.141. The van der Waals surface area contributed by atoms with Gasteiger partial charge in [0.05, 0.1) is 17.3 Å². The van der Waals surface area contributed by atoms with Crippen molar-refractivity contribution < 1.29 is 18.0 Å². The highest BCUT2D eigenvalue weighted by molar-refractivity contribution is 6.03. The zero-order valence-corrected chi connectivity index (χ0v) is 20.3. The maximum atomic E-state index is 13.5. The summed E-state index contributed by atoms with van der Waals surface area (Å²) >= 11 is 0. The van der Waals surface area contributed by atoms with Crippen molar-refractivity contribution in [3.63, 3.8) is 0 Å². The average molecular weight is 516 g/mol. The van der Waals surface area contributed by atoms with Gasteiger partial charge in [0.2, 0.25) is 0 Å². The number of carbonyl (C=O) groups is 1. The molecular formula is C29H24F3N5O. The maximum absolute atomic E-state index is 13.5. The van der Waals surface area contributed by atoms with E-state index in [9.17, 15) is 23.2 Å². The highest BCUT2D eigenvalue weighted by Gasteiger charge is 2.36. The van der Waals surface area contributed by atoms with E-state index in [0.717, 1.165) is 34.9 Å². The molecule has 0 atom stereocenters. The minimum Gasteiger partial charge on any atom is -0.341 e. The smallest absolute Gasteiger partial charge is 0.341 e. The molecule has 0 saturated heterocycles. The maximum Gasteiger partial charge on any atom is 0.435 e. The number of hydrogen-bond acceptors (Lipinski definition) is 4. The summed E-state index contributed by atoms with van der Waals surface area (Å²) in [4.78, 5) is 15.4. The van der Waals surface area contributed by atoms with Crippen molar-refractivity contribution in [3.8, 4) is 11.8 Å². The van der Waals surface area contributed by atoms with E-state index in [2.05, 4.69) is 15.3 Å². The van der Waals surface area contributed by atoms with E-state index in [-0.39, 0.29) is 16.9 Å². The SMILES string of the molecule is N#Cc1cccc(-n2nc(C(F)(F)F)cc2C(=O)Nc2cccc(N(CCC3CC3)c3ccccc3)c2)c1. The lowest BCUT2D eigenvalue weighted by atomic mass is 10.2. The molecule has 1 aliphatic rings. The van der Waals surface area contributed by atoms with Crippen molar-refractivity contribution >= 4 is 23.0 Å². The summed E-state index contributed by atoms with van der Waals surface area (Å²) in [6, 6.07) is 25.7. The molecule has 4 aromatic rings. The second-order valence-electron chi connectivity index (χ2n) is 9.21. The summed E-state index contributed by atoms with van der Waals surface area (Å²) in [7, 11) is 0. The summed E-state index contributed by atoms with van der Waals surface area (Å²) in [5.41, 5.74) is 1.22. The first kappa shape index (κ1) is 25.1. The van der Waals surface area contributed by atoms with Crippen molar-refractivity contribution in [3.05, 3.63) is 102 Å². The lowest BCUT2D eigenvalue weighted by Gasteiger charge is -2.25. The van der Waals surface area contributed by atoms with Crippen LogP contribution in [0.15, 0.2) is 84.9 Å². The van der Waals surface area contributed by atoms with Gasteiger partial charge < -0.3 is 10.2 Å². The number of nitrogens with zero attached hydrogens (tertiary/aromatic N) is 4. The third-order valence-corrected chi connectivity index (χ3v) is 6.39. The first-order chi connectivity index (χ1) is 18.3. The van der Waals surface area contributed by atoms with Gasteiger partial charge in [-0.25, -0.2) is 4.68 Å². The van der Waals surface area contributed by atoms with Crippen LogP contribution in [0.5, 0.6) is 0 Å². The third-order valence-electron chi connectivity index (χ3n) is 6.39. The summed E-state index contributed by atoms with van der Waals surface area (Å²) in [6.07, 6.45) is -1.22. The number of rotatable bonds is 8. The number of para-hydroxylation sites is 1. The monoisotopic (exact) mass is 515 g/mol. The van der Waals surface area contributed by atoms with Gasteiger partial charge in [0.1, 0.15) is 5.69 Å². The molecule has 0 radical (unpaired) electrons. The van der Waals surface area contributed by atoms with Crippen LogP contribution in [0.25, 0.3) is 5.69 Å². The average Bonchev–Trinajstić information content (AvgIpc) is 3.63. The van der Waals surface area contributed by atoms with Gasteiger partial charge in [-0.1, -0.05) is 43.2 Å². The molecule has 3 aromatic carbocycles. The fourth-order valence-electron chi connectivity index (χ4n) is 4.27. The van der Waals surface area contributed by atoms with E-state index in [4.69, 9.17) is 0 Å². The molecule has 1 heterocycles. The molecule has 1 amide bonds. The normalized spacial score (nSPS) is 13.1. The van der Waals surface area contributed by atoms with Gasteiger partial charge in [0.15, 0.2) is 5.69 Å². The van der Waals surface area contributed by atoms with Gasteiger partial charge in [-0.3, -0.25) is 4.79 Å². The van der Waals surface area contributed by atoms with E-state index in [0.29, 0.717) is 11.8 Å². The van der Waals surface area contributed by atoms with E-state index < -0.39 is 17.8 Å². The molecule has 38 heavy (non-hydrogen) atoms. The molecule has 1 aromatic heterocycles. The van der Waals surface area contributed by atoms with Crippen LogP contribution in [0, 0.1) is 17.2 Å². The van der Waals surface area contributed by atoms with Crippen LogP contribution in [-0.4, -0.2) is 22.2 Å². The van der Waals surface area contributed by atoms with Crippen molar-refractivity contribution in [1.29, 1.82) is 5.26 Å². The second-order valence-corrected chi connectivity index (χ2v) is 9.21. The van der Waals surface area contributed by atoms with Crippen molar-refractivity contribution in [2.75, 3.05) is 16.8 Å². The third kappa shape index (κ3) is 5.70. The van der Waals surface area contributed by atoms with Crippen molar-refractivity contribution in [2.24, 2.45) is 5.92 Å². The summed E-state index contributed by atoms with van der Waals surface area (Å²) < 4.78 is 41.4. The van der Waals surface area contributed by atoms with Crippen LogP contribution in [0.3, 0.4) is 0 Å². The van der Waals surface area contributed by atoms with Crippen LogP contribution >= 0.6 is 0 Å². The Morgan fingerprint density at radius 1 is 1.00 bits per heavy atom. The Labute approximate surface area is 217 Å². The van der Waals surface area contributed by atoms with E-state index in [1.165, 1.54) is 37.1 Å². The van der Waals surface area contributed by atoms with Gasteiger partial charge in [0.25, 0.3) is 5.91 Å². The first-order valence-corrected chi connectivity index (χ1v) is 12.2.